The van der Waals surface area contributed by atoms with Crippen LogP contribution in [0.15, 0.2) is 30.3 Å². The number of pyridine rings is 1. The van der Waals surface area contributed by atoms with E-state index in [9.17, 15) is 0 Å². The van der Waals surface area contributed by atoms with Gasteiger partial charge in [-0.15, -0.1) is 0 Å². The Labute approximate surface area is 102 Å². The predicted octanol–water partition coefficient (Wildman–Crippen LogP) is 2.40. The molecule has 1 aromatic heterocycles. The maximum absolute atomic E-state index is 5.33. The van der Waals surface area contributed by atoms with Gasteiger partial charge in [-0.3, -0.25) is 0 Å². The summed E-state index contributed by atoms with van der Waals surface area (Å²) in [6.07, 6.45) is 0.946. The molecule has 1 heterocycles. The summed E-state index contributed by atoms with van der Waals surface area (Å²) in [5.74, 6) is 0.841. The lowest BCUT2D eigenvalue weighted by Crippen LogP contribution is -2.16. The Morgan fingerprint density at radius 1 is 1.24 bits per heavy atom. The van der Waals surface area contributed by atoms with E-state index in [-0.39, 0.29) is 0 Å². The van der Waals surface area contributed by atoms with Gasteiger partial charge in [0.15, 0.2) is 0 Å². The monoisotopic (exact) mass is 230 g/mol. The lowest BCUT2D eigenvalue weighted by Gasteiger charge is -2.07. The van der Waals surface area contributed by atoms with Crippen LogP contribution >= 0.6 is 0 Å². The molecule has 3 nitrogen and oxygen atoms in total. The zero-order chi connectivity index (χ0) is 12.1. The Bertz CT molecular complexity index is 497. The highest BCUT2D eigenvalue weighted by Gasteiger charge is 2.03. The highest BCUT2D eigenvalue weighted by Crippen LogP contribution is 2.23. The molecule has 3 heteroatoms. The number of para-hydroxylation sites is 1. The van der Waals surface area contributed by atoms with Crippen LogP contribution in [0, 0.1) is 0 Å². The van der Waals surface area contributed by atoms with Crippen molar-refractivity contribution in [3.05, 3.63) is 36.0 Å². The first kappa shape index (κ1) is 11.9. The van der Waals surface area contributed by atoms with Crippen molar-refractivity contribution in [1.29, 1.82) is 0 Å². The van der Waals surface area contributed by atoms with Gasteiger partial charge in [-0.05, 0) is 18.7 Å². The molecule has 0 radical (unpaired) electrons. The fraction of sp³-hybridized carbons (Fsp3) is 0.357. The van der Waals surface area contributed by atoms with Gasteiger partial charge < -0.3 is 10.1 Å². The number of ether oxygens (including phenoxy) is 1. The second-order valence-corrected chi connectivity index (χ2v) is 3.94. The van der Waals surface area contributed by atoms with Gasteiger partial charge in [0.05, 0.1) is 7.11 Å². The van der Waals surface area contributed by atoms with E-state index in [1.807, 2.05) is 12.1 Å². The van der Waals surface area contributed by atoms with Gasteiger partial charge in [0.1, 0.15) is 11.3 Å². The van der Waals surface area contributed by atoms with Crippen LogP contribution in [0.1, 0.15) is 12.6 Å². The third kappa shape index (κ3) is 2.74. The second-order valence-electron chi connectivity index (χ2n) is 3.94. The Hall–Kier alpha value is -1.61. The number of nitrogens with one attached hydrogen (secondary N) is 1. The van der Waals surface area contributed by atoms with Gasteiger partial charge in [-0.1, -0.05) is 25.1 Å². The van der Waals surface area contributed by atoms with Crippen molar-refractivity contribution < 1.29 is 4.74 Å². The first-order valence-electron chi connectivity index (χ1n) is 5.98. The van der Waals surface area contributed by atoms with Gasteiger partial charge in [0, 0.05) is 24.0 Å². The van der Waals surface area contributed by atoms with Crippen molar-refractivity contribution in [3.63, 3.8) is 0 Å². The van der Waals surface area contributed by atoms with Gasteiger partial charge in [-0.25, -0.2) is 4.98 Å². The van der Waals surface area contributed by atoms with E-state index in [1.165, 1.54) is 0 Å². The number of aromatic nitrogens is 1. The van der Waals surface area contributed by atoms with Gasteiger partial charge >= 0.3 is 0 Å². The number of methoxy groups -OCH3 is 1. The van der Waals surface area contributed by atoms with E-state index >= 15 is 0 Å². The van der Waals surface area contributed by atoms with Crippen molar-refractivity contribution in [3.8, 4) is 5.75 Å². The molecule has 2 rings (SSSR count). The molecular weight excluding hydrogens is 212 g/mol. The van der Waals surface area contributed by atoms with Crippen LogP contribution in [0.2, 0.25) is 0 Å². The molecule has 0 spiro atoms. The molecule has 0 saturated carbocycles. The van der Waals surface area contributed by atoms with E-state index in [1.54, 1.807) is 7.11 Å². The normalized spacial score (nSPS) is 10.7. The van der Waals surface area contributed by atoms with Crippen LogP contribution in [-0.4, -0.2) is 25.2 Å². The molecule has 0 aliphatic carbocycles. The SMILES string of the molecule is CCNCCc1ccc2cccc(OC)c2n1. The third-order valence-corrected chi connectivity index (χ3v) is 2.77. The van der Waals surface area contributed by atoms with Crippen LogP contribution in [0.4, 0.5) is 0 Å². The first-order chi connectivity index (χ1) is 8.35. The minimum Gasteiger partial charge on any atom is -0.494 e. The maximum atomic E-state index is 5.33. The summed E-state index contributed by atoms with van der Waals surface area (Å²) in [4.78, 5) is 4.65. The summed E-state index contributed by atoms with van der Waals surface area (Å²) in [5, 5.41) is 4.42. The lowest BCUT2D eigenvalue weighted by atomic mass is 10.1. The third-order valence-electron chi connectivity index (χ3n) is 2.77. The zero-order valence-corrected chi connectivity index (χ0v) is 10.4. The molecule has 17 heavy (non-hydrogen) atoms. The maximum Gasteiger partial charge on any atom is 0.145 e. The van der Waals surface area contributed by atoms with Crippen LogP contribution < -0.4 is 10.1 Å². The van der Waals surface area contributed by atoms with Crippen molar-refractivity contribution in [2.75, 3.05) is 20.2 Å². The quantitative estimate of drug-likeness (QED) is 0.801. The average molecular weight is 230 g/mol. The summed E-state index contributed by atoms with van der Waals surface area (Å²) >= 11 is 0. The Morgan fingerprint density at radius 3 is 2.88 bits per heavy atom. The summed E-state index contributed by atoms with van der Waals surface area (Å²) in [5.41, 5.74) is 2.05. The molecule has 0 aliphatic rings. The summed E-state index contributed by atoms with van der Waals surface area (Å²) in [6.45, 7) is 4.07. The fourth-order valence-electron chi connectivity index (χ4n) is 1.86. The fourth-order valence-corrected chi connectivity index (χ4v) is 1.86. The molecule has 90 valence electrons. The average Bonchev–Trinajstić information content (AvgIpc) is 2.38. The van der Waals surface area contributed by atoms with Crippen LogP contribution in [-0.2, 0) is 6.42 Å². The molecule has 1 aromatic carbocycles. The van der Waals surface area contributed by atoms with Crippen molar-refractivity contribution in [2.45, 2.75) is 13.3 Å². The van der Waals surface area contributed by atoms with Crippen molar-refractivity contribution in [1.82, 2.24) is 10.3 Å². The molecule has 0 fully saturated rings. The summed E-state index contributed by atoms with van der Waals surface area (Å²) in [6, 6.07) is 10.2. The van der Waals surface area contributed by atoms with Crippen LogP contribution in [0.3, 0.4) is 0 Å². The van der Waals surface area contributed by atoms with Gasteiger partial charge in [-0.2, -0.15) is 0 Å². The molecule has 0 atom stereocenters. The topological polar surface area (TPSA) is 34.1 Å². The number of benzene rings is 1. The molecule has 0 bridgehead atoms. The number of rotatable bonds is 5. The van der Waals surface area contributed by atoms with E-state index in [2.05, 4.69) is 35.4 Å². The highest BCUT2D eigenvalue weighted by molar-refractivity contribution is 5.84. The first-order valence-corrected chi connectivity index (χ1v) is 5.98. The minimum atomic E-state index is 0.841. The largest absolute Gasteiger partial charge is 0.494 e. The predicted molar refractivity (Wildman–Crippen MR) is 70.5 cm³/mol. The van der Waals surface area contributed by atoms with Gasteiger partial charge in [0.25, 0.3) is 0 Å². The number of likely N-dealkylation sites (N-methyl/N-ethyl adjacent to an activating group) is 1. The molecule has 0 amide bonds. The van der Waals surface area contributed by atoms with E-state index in [4.69, 9.17) is 4.74 Å². The second kappa shape index (κ2) is 5.64. The van der Waals surface area contributed by atoms with Crippen LogP contribution in [0.25, 0.3) is 10.9 Å². The van der Waals surface area contributed by atoms with Crippen LogP contribution in [0.5, 0.6) is 5.75 Å². The number of nitrogens with zero attached hydrogens (tertiary/aromatic N) is 1. The minimum absolute atomic E-state index is 0.841. The molecule has 0 saturated heterocycles. The highest BCUT2D eigenvalue weighted by atomic mass is 16.5. The summed E-state index contributed by atoms with van der Waals surface area (Å²) < 4.78 is 5.33. The number of fused-ring (bicyclic) bond motifs is 1. The van der Waals surface area contributed by atoms with Crippen molar-refractivity contribution >= 4 is 10.9 Å². The standard InChI is InChI=1S/C14H18N2O/c1-3-15-10-9-12-8-7-11-5-4-6-13(17-2)14(11)16-12/h4-8,15H,3,9-10H2,1-2H3. The zero-order valence-electron chi connectivity index (χ0n) is 10.4. The van der Waals surface area contributed by atoms with Gasteiger partial charge in [0.2, 0.25) is 0 Å². The Morgan fingerprint density at radius 2 is 2.12 bits per heavy atom. The van der Waals surface area contributed by atoms with E-state index < -0.39 is 0 Å². The van der Waals surface area contributed by atoms with E-state index in [0.717, 1.165) is 41.9 Å². The smallest absolute Gasteiger partial charge is 0.145 e. The Kier molecular flexibility index (Phi) is 3.94. The van der Waals surface area contributed by atoms with Crippen molar-refractivity contribution in [2.24, 2.45) is 0 Å². The Balaban J connectivity index is 2.28. The lowest BCUT2D eigenvalue weighted by molar-refractivity contribution is 0.419. The van der Waals surface area contributed by atoms with E-state index in [0.29, 0.717) is 0 Å². The molecule has 0 aliphatic heterocycles. The molecule has 2 aromatic rings. The number of hydrogen-bond donors (Lipinski definition) is 1. The number of hydrogen-bond acceptors (Lipinski definition) is 3. The molecular formula is C14H18N2O. The summed E-state index contributed by atoms with van der Waals surface area (Å²) in [7, 11) is 1.68. The molecule has 1 N–H and O–H groups in total. The molecule has 0 unspecified atom stereocenters.